The summed E-state index contributed by atoms with van der Waals surface area (Å²) in [6, 6.07) is 9.47. The molecule has 0 bridgehead atoms. The van der Waals surface area contributed by atoms with Gasteiger partial charge in [-0.2, -0.15) is 4.98 Å². The number of hydrogen-bond donors (Lipinski definition) is 2. The van der Waals surface area contributed by atoms with Crippen molar-refractivity contribution in [2.75, 3.05) is 13.1 Å². The van der Waals surface area contributed by atoms with Gasteiger partial charge in [0.1, 0.15) is 0 Å². The van der Waals surface area contributed by atoms with Gasteiger partial charge < -0.3 is 15.0 Å². The van der Waals surface area contributed by atoms with Crippen molar-refractivity contribution in [1.29, 1.82) is 0 Å². The largest absolute Gasteiger partial charge is 0.481 e. The highest BCUT2D eigenvalue weighted by Crippen LogP contribution is 2.33. The number of likely N-dealkylation sites (tertiary alicyclic amines) is 1. The molecule has 2 heterocycles. The third-order valence-corrected chi connectivity index (χ3v) is 5.26. The van der Waals surface area contributed by atoms with Crippen molar-refractivity contribution in [3.8, 4) is 0 Å². The second-order valence-electron chi connectivity index (χ2n) is 6.99. The molecule has 0 aliphatic carbocycles. The molecule has 2 N–H and O–H groups in total. The lowest BCUT2D eigenvalue weighted by Gasteiger charge is -2.17. The highest BCUT2D eigenvalue weighted by Gasteiger charge is 2.40. The van der Waals surface area contributed by atoms with E-state index in [0.29, 0.717) is 24.4 Å². The molecule has 1 aromatic carbocycles. The zero-order chi connectivity index (χ0) is 19.6. The number of rotatable bonds is 5. The second-order valence-corrected chi connectivity index (χ2v) is 6.99. The van der Waals surface area contributed by atoms with Crippen LogP contribution in [0.2, 0.25) is 0 Å². The smallest absolute Gasteiger partial charge is 0.345 e. The summed E-state index contributed by atoms with van der Waals surface area (Å²) in [5.74, 6) is -1.76. The van der Waals surface area contributed by atoms with Crippen LogP contribution >= 0.6 is 0 Å². The molecule has 2 aromatic rings. The Bertz CT molecular complexity index is 881. The molecule has 1 saturated heterocycles. The summed E-state index contributed by atoms with van der Waals surface area (Å²) >= 11 is 0. The molecule has 27 heavy (non-hydrogen) atoms. The van der Waals surface area contributed by atoms with Gasteiger partial charge in [-0.3, -0.25) is 9.59 Å². The number of amides is 1. The molecule has 0 spiro atoms. The van der Waals surface area contributed by atoms with Crippen molar-refractivity contribution >= 4 is 11.9 Å². The van der Waals surface area contributed by atoms with Crippen LogP contribution in [0.15, 0.2) is 35.1 Å². The average molecular weight is 369 g/mol. The van der Waals surface area contributed by atoms with E-state index in [4.69, 9.17) is 0 Å². The molecule has 1 aliphatic heterocycles. The summed E-state index contributed by atoms with van der Waals surface area (Å²) in [7, 11) is 0. The van der Waals surface area contributed by atoms with Crippen LogP contribution in [-0.2, 0) is 16.0 Å². The molecule has 2 atom stereocenters. The summed E-state index contributed by atoms with van der Waals surface area (Å²) in [5.41, 5.74) is 2.74. The van der Waals surface area contributed by atoms with Crippen LogP contribution in [-0.4, -0.2) is 44.9 Å². The molecule has 7 heteroatoms. The Morgan fingerprint density at radius 3 is 2.56 bits per heavy atom. The maximum absolute atomic E-state index is 12.7. The summed E-state index contributed by atoms with van der Waals surface area (Å²) in [5, 5.41) is 9.57. The molecule has 1 fully saturated rings. The van der Waals surface area contributed by atoms with Crippen molar-refractivity contribution in [2.24, 2.45) is 5.92 Å². The number of aryl methyl sites for hydroxylation is 2. The van der Waals surface area contributed by atoms with Gasteiger partial charge >= 0.3 is 11.7 Å². The van der Waals surface area contributed by atoms with Crippen LogP contribution < -0.4 is 5.69 Å². The van der Waals surface area contributed by atoms with E-state index < -0.39 is 17.6 Å². The van der Waals surface area contributed by atoms with E-state index in [-0.39, 0.29) is 24.8 Å². The normalized spacial score (nSPS) is 19.3. The minimum absolute atomic E-state index is 0.0790. The number of carbonyl (C=O) groups excluding carboxylic acids is 1. The zero-order valence-electron chi connectivity index (χ0n) is 15.4. The fraction of sp³-hybridized carbons (Fsp3) is 0.400. The van der Waals surface area contributed by atoms with Crippen molar-refractivity contribution in [3.05, 3.63) is 63.3 Å². The van der Waals surface area contributed by atoms with Gasteiger partial charge in [0.2, 0.25) is 5.91 Å². The van der Waals surface area contributed by atoms with E-state index in [2.05, 4.69) is 9.97 Å². The minimum atomic E-state index is -0.879. The van der Waals surface area contributed by atoms with Crippen molar-refractivity contribution in [1.82, 2.24) is 14.9 Å². The zero-order valence-corrected chi connectivity index (χ0v) is 15.4. The van der Waals surface area contributed by atoms with E-state index in [1.54, 1.807) is 18.7 Å². The SMILES string of the molecule is Cc1nc(=O)[nH]c(C)c1CCC(=O)N1C[C@@H](C(=O)O)[C@H](c2ccccc2)C1. The van der Waals surface area contributed by atoms with Crippen LogP contribution in [0, 0.1) is 19.8 Å². The lowest BCUT2D eigenvalue weighted by molar-refractivity contribution is -0.141. The number of aliphatic carboxylic acids is 1. The number of hydrogen-bond acceptors (Lipinski definition) is 4. The van der Waals surface area contributed by atoms with Gasteiger partial charge in [0.05, 0.1) is 5.92 Å². The lowest BCUT2D eigenvalue weighted by Crippen LogP contribution is -2.30. The topological polar surface area (TPSA) is 103 Å². The standard InChI is InChI=1S/C20H23N3O4/c1-12-15(13(2)22-20(27)21-12)8-9-18(24)23-10-16(17(11-23)19(25)26)14-6-4-3-5-7-14/h3-7,16-17H,8-11H2,1-2H3,(H,25,26)(H,21,22,27)/t16-,17+/m0/s1. The Hall–Kier alpha value is -2.96. The molecule has 0 unspecified atom stereocenters. The van der Waals surface area contributed by atoms with Crippen LogP contribution in [0.4, 0.5) is 0 Å². The predicted octanol–water partition coefficient (Wildman–Crippen LogP) is 1.65. The Labute approximate surface area is 157 Å². The summed E-state index contributed by atoms with van der Waals surface area (Å²) in [6.45, 7) is 4.17. The van der Waals surface area contributed by atoms with Gasteiger partial charge in [-0.05, 0) is 31.4 Å². The first-order chi connectivity index (χ1) is 12.9. The number of benzene rings is 1. The second kappa shape index (κ2) is 7.73. The molecule has 142 valence electrons. The first-order valence-corrected chi connectivity index (χ1v) is 8.98. The molecule has 3 rings (SSSR count). The number of aromatic amines is 1. The van der Waals surface area contributed by atoms with Crippen LogP contribution in [0.25, 0.3) is 0 Å². The average Bonchev–Trinajstić information content (AvgIpc) is 3.07. The third kappa shape index (κ3) is 4.07. The van der Waals surface area contributed by atoms with Gasteiger partial charge in [-0.25, -0.2) is 4.79 Å². The number of carboxylic acid groups (broad SMARTS) is 1. The third-order valence-electron chi connectivity index (χ3n) is 5.26. The molecule has 1 aromatic heterocycles. The molecular formula is C20H23N3O4. The van der Waals surface area contributed by atoms with Gasteiger partial charge in [-0.15, -0.1) is 0 Å². The van der Waals surface area contributed by atoms with Crippen molar-refractivity contribution in [3.63, 3.8) is 0 Å². The number of nitrogens with zero attached hydrogens (tertiary/aromatic N) is 2. The molecule has 1 amide bonds. The maximum atomic E-state index is 12.7. The van der Waals surface area contributed by atoms with Crippen molar-refractivity contribution < 1.29 is 14.7 Å². The number of carboxylic acids is 1. The van der Waals surface area contributed by atoms with Crippen LogP contribution in [0.5, 0.6) is 0 Å². The van der Waals surface area contributed by atoms with E-state index in [9.17, 15) is 19.5 Å². The maximum Gasteiger partial charge on any atom is 0.345 e. The number of carbonyl (C=O) groups is 2. The van der Waals surface area contributed by atoms with Gasteiger partial charge in [0.25, 0.3) is 0 Å². The molecule has 1 aliphatic rings. The molecule has 0 saturated carbocycles. The molecular weight excluding hydrogens is 346 g/mol. The van der Waals surface area contributed by atoms with Gasteiger partial charge in [0, 0.05) is 36.8 Å². The molecule has 0 radical (unpaired) electrons. The predicted molar refractivity (Wildman–Crippen MR) is 99.5 cm³/mol. The van der Waals surface area contributed by atoms with Gasteiger partial charge in [-0.1, -0.05) is 30.3 Å². The Kier molecular flexibility index (Phi) is 5.39. The summed E-state index contributed by atoms with van der Waals surface area (Å²) in [6.07, 6.45) is 0.716. The highest BCUT2D eigenvalue weighted by atomic mass is 16.4. The van der Waals surface area contributed by atoms with Gasteiger partial charge in [0.15, 0.2) is 0 Å². The van der Waals surface area contributed by atoms with Crippen LogP contribution in [0.1, 0.15) is 34.9 Å². The molecule has 7 nitrogen and oxygen atoms in total. The van der Waals surface area contributed by atoms with Crippen molar-refractivity contribution in [2.45, 2.75) is 32.6 Å². The quantitative estimate of drug-likeness (QED) is 0.834. The number of H-pyrrole nitrogens is 1. The first-order valence-electron chi connectivity index (χ1n) is 8.98. The number of nitrogens with one attached hydrogen (secondary N) is 1. The highest BCUT2D eigenvalue weighted by molar-refractivity contribution is 5.80. The first kappa shape index (κ1) is 18.8. The minimum Gasteiger partial charge on any atom is -0.481 e. The summed E-state index contributed by atoms with van der Waals surface area (Å²) in [4.78, 5) is 43.9. The van der Waals surface area contributed by atoms with E-state index in [1.165, 1.54) is 0 Å². The van der Waals surface area contributed by atoms with E-state index in [1.807, 2.05) is 30.3 Å². The lowest BCUT2D eigenvalue weighted by atomic mass is 9.89. The summed E-state index contributed by atoms with van der Waals surface area (Å²) < 4.78 is 0. The Morgan fingerprint density at radius 1 is 1.22 bits per heavy atom. The Morgan fingerprint density at radius 2 is 1.93 bits per heavy atom. The van der Waals surface area contributed by atoms with E-state index in [0.717, 1.165) is 11.1 Å². The Balaban J connectivity index is 1.71. The fourth-order valence-corrected chi connectivity index (χ4v) is 3.81. The van der Waals surface area contributed by atoms with E-state index >= 15 is 0 Å². The van der Waals surface area contributed by atoms with Crippen LogP contribution in [0.3, 0.4) is 0 Å². The monoisotopic (exact) mass is 369 g/mol. The number of aromatic nitrogens is 2. The fourth-order valence-electron chi connectivity index (χ4n) is 3.81.